The molecule has 5 aliphatic carbocycles. The van der Waals surface area contributed by atoms with E-state index in [1.807, 2.05) is 19.9 Å². The number of hydrogen-bond acceptors (Lipinski definition) is 4. The van der Waals surface area contributed by atoms with Gasteiger partial charge in [-0.05, 0) is 96.0 Å². The second kappa shape index (κ2) is 7.56. The highest BCUT2D eigenvalue weighted by Crippen LogP contribution is 2.76. The maximum Gasteiger partial charge on any atom is 0.228 e. The third-order valence-corrected chi connectivity index (χ3v) is 13.2. The minimum atomic E-state index is -0.628. The van der Waals surface area contributed by atoms with Gasteiger partial charge >= 0.3 is 0 Å². The van der Waals surface area contributed by atoms with Crippen LogP contribution in [0.2, 0.25) is 0 Å². The SMILES string of the molecule is CC1(C)CC[C@]2(C(=O)Cl)CC[C@]3(C)C(C(=O)C[C@@H]4[C@@]5(C)C=C(C#N)C(=O)C(C)(C)[C@@H]5CC[C@]43C)[C@H]2C1. The lowest BCUT2D eigenvalue weighted by Gasteiger charge is -2.71. The smallest absolute Gasteiger partial charge is 0.228 e. The average molecular weight is 512 g/mol. The van der Waals surface area contributed by atoms with E-state index in [9.17, 15) is 19.6 Å². The first-order chi connectivity index (χ1) is 16.5. The lowest BCUT2D eigenvalue weighted by Crippen LogP contribution is -2.69. The molecule has 0 aromatic rings. The molecule has 0 heterocycles. The summed E-state index contributed by atoms with van der Waals surface area (Å²) in [5.74, 6) is 0.177. The van der Waals surface area contributed by atoms with Crippen LogP contribution in [0.1, 0.15) is 99.8 Å². The van der Waals surface area contributed by atoms with Crippen molar-refractivity contribution in [2.75, 3.05) is 0 Å². The van der Waals surface area contributed by atoms with Gasteiger partial charge in [-0.3, -0.25) is 14.4 Å². The molecule has 0 amide bonds. The summed E-state index contributed by atoms with van der Waals surface area (Å²) >= 11 is 6.38. The van der Waals surface area contributed by atoms with Gasteiger partial charge in [0.25, 0.3) is 0 Å². The molecule has 5 aliphatic rings. The van der Waals surface area contributed by atoms with Crippen LogP contribution >= 0.6 is 11.6 Å². The van der Waals surface area contributed by atoms with E-state index in [0.29, 0.717) is 6.42 Å². The molecule has 5 heteroatoms. The van der Waals surface area contributed by atoms with Gasteiger partial charge < -0.3 is 0 Å². The van der Waals surface area contributed by atoms with E-state index in [1.54, 1.807) is 0 Å². The van der Waals surface area contributed by atoms with Crippen LogP contribution in [0.3, 0.4) is 0 Å². The van der Waals surface area contributed by atoms with E-state index in [4.69, 9.17) is 11.6 Å². The zero-order valence-electron chi connectivity index (χ0n) is 23.1. The molecular formula is C31H42ClNO3. The van der Waals surface area contributed by atoms with Gasteiger partial charge in [0.05, 0.1) is 5.57 Å². The Morgan fingerprint density at radius 1 is 0.944 bits per heavy atom. The van der Waals surface area contributed by atoms with Crippen molar-refractivity contribution in [3.05, 3.63) is 11.6 Å². The molecule has 0 aromatic carbocycles. The summed E-state index contributed by atoms with van der Waals surface area (Å²) < 4.78 is 0. The number of carbonyl (C=O) groups is 3. The first kappa shape index (κ1) is 26.1. The Balaban J connectivity index is 1.65. The summed E-state index contributed by atoms with van der Waals surface area (Å²) in [5, 5.41) is 9.62. The Hall–Kier alpha value is -1.47. The minimum Gasteiger partial charge on any atom is -0.299 e. The van der Waals surface area contributed by atoms with Crippen LogP contribution < -0.4 is 0 Å². The largest absolute Gasteiger partial charge is 0.299 e. The maximum atomic E-state index is 14.3. The fraction of sp³-hybridized carbons (Fsp3) is 0.806. The number of allylic oxidation sites excluding steroid dienone is 2. The van der Waals surface area contributed by atoms with E-state index >= 15 is 0 Å². The highest BCUT2D eigenvalue weighted by atomic mass is 35.5. The summed E-state index contributed by atoms with van der Waals surface area (Å²) in [6, 6.07) is 2.19. The number of ketones is 2. The summed E-state index contributed by atoms with van der Waals surface area (Å²) in [4.78, 5) is 40.5. The summed E-state index contributed by atoms with van der Waals surface area (Å²) in [6.07, 6.45) is 8.44. The number of fused-ring (bicyclic) bond motifs is 7. The number of Topliss-reactive ketones (excluding diaryl/α,β-unsaturated/α-hetero) is 2. The molecule has 4 saturated carbocycles. The van der Waals surface area contributed by atoms with Crippen molar-refractivity contribution in [1.29, 1.82) is 5.26 Å². The number of nitrogens with zero attached hydrogens (tertiary/aromatic N) is 1. The fourth-order valence-electron chi connectivity index (χ4n) is 10.7. The van der Waals surface area contributed by atoms with Crippen molar-refractivity contribution in [2.45, 2.75) is 99.8 Å². The Kier molecular flexibility index (Phi) is 5.49. The third-order valence-electron chi connectivity index (χ3n) is 12.9. The molecule has 0 spiro atoms. The van der Waals surface area contributed by atoms with E-state index in [-0.39, 0.29) is 62.3 Å². The zero-order chi connectivity index (χ0) is 26.7. The highest BCUT2D eigenvalue weighted by Gasteiger charge is 2.72. The van der Waals surface area contributed by atoms with Crippen molar-refractivity contribution in [1.82, 2.24) is 0 Å². The molecule has 4 fully saturated rings. The predicted octanol–water partition coefficient (Wildman–Crippen LogP) is 7.05. The summed E-state index contributed by atoms with van der Waals surface area (Å²) in [7, 11) is 0. The summed E-state index contributed by atoms with van der Waals surface area (Å²) in [5.41, 5.74) is -1.66. The van der Waals surface area contributed by atoms with Gasteiger partial charge in [0, 0.05) is 23.2 Å². The van der Waals surface area contributed by atoms with Crippen molar-refractivity contribution >= 4 is 28.4 Å². The molecule has 4 nitrogen and oxygen atoms in total. The maximum absolute atomic E-state index is 14.3. The molecule has 0 bridgehead atoms. The second-order valence-electron chi connectivity index (χ2n) is 15.1. The number of rotatable bonds is 1. The van der Waals surface area contributed by atoms with Crippen LogP contribution in [0.5, 0.6) is 0 Å². The number of nitriles is 1. The highest BCUT2D eigenvalue weighted by molar-refractivity contribution is 6.64. The van der Waals surface area contributed by atoms with Crippen LogP contribution in [0.15, 0.2) is 11.6 Å². The molecule has 36 heavy (non-hydrogen) atoms. The molecule has 196 valence electrons. The van der Waals surface area contributed by atoms with E-state index in [0.717, 1.165) is 44.9 Å². The van der Waals surface area contributed by atoms with Gasteiger partial charge in [-0.25, -0.2) is 0 Å². The monoisotopic (exact) mass is 511 g/mol. The van der Waals surface area contributed by atoms with Crippen molar-refractivity contribution in [2.24, 2.45) is 56.2 Å². The molecule has 0 radical (unpaired) electrons. The molecular weight excluding hydrogens is 470 g/mol. The van der Waals surface area contributed by atoms with E-state index < -0.39 is 16.2 Å². The average Bonchev–Trinajstić information content (AvgIpc) is 2.77. The Labute approximate surface area is 221 Å². The lowest BCUT2D eigenvalue weighted by atomic mass is 9.31. The zero-order valence-corrected chi connectivity index (χ0v) is 23.8. The number of carbonyl (C=O) groups excluding carboxylic acids is 3. The Morgan fingerprint density at radius 3 is 2.19 bits per heavy atom. The predicted molar refractivity (Wildman–Crippen MR) is 140 cm³/mol. The Bertz CT molecular complexity index is 1130. The van der Waals surface area contributed by atoms with Crippen LogP contribution in [0.4, 0.5) is 0 Å². The first-order valence-corrected chi connectivity index (χ1v) is 14.3. The fourth-order valence-corrected chi connectivity index (χ4v) is 11.0. The molecule has 8 atom stereocenters. The van der Waals surface area contributed by atoms with Crippen molar-refractivity contribution < 1.29 is 14.4 Å². The first-order valence-electron chi connectivity index (χ1n) is 13.9. The van der Waals surface area contributed by atoms with Crippen molar-refractivity contribution in [3.63, 3.8) is 0 Å². The summed E-state index contributed by atoms with van der Waals surface area (Å²) in [6.45, 7) is 15.4. The van der Waals surface area contributed by atoms with Gasteiger partial charge in [0.2, 0.25) is 5.24 Å². The van der Waals surface area contributed by atoms with E-state index in [1.165, 1.54) is 0 Å². The molecule has 1 unspecified atom stereocenters. The standard InChI is InChI=1S/C31H42ClNO3/c1-26(2)10-12-31(25(32)36)13-11-30(7)23(19(31)16-26)20(34)14-22-28(5)15-18(17-33)24(35)27(3,4)21(28)8-9-29(22,30)6/h15,19,21-23H,8-14,16H2,1-7H3/t19-,21+,22-,23?,28+,29-,30-,31+/m1/s1. The normalized spacial score (nSPS) is 48.9. The van der Waals surface area contributed by atoms with Crippen molar-refractivity contribution in [3.8, 4) is 6.07 Å². The topological polar surface area (TPSA) is 75.0 Å². The minimum absolute atomic E-state index is 0.0182. The van der Waals surface area contributed by atoms with Gasteiger partial charge in [-0.1, -0.05) is 54.5 Å². The molecule has 5 rings (SSSR count). The van der Waals surface area contributed by atoms with Crippen LogP contribution in [-0.4, -0.2) is 16.8 Å². The van der Waals surface area contributed by atoms with Gasteiger partial charge in [-0.15, -0.1) is 0 Å². The van der Waals surface area contributed by atoms with Crippen LogP contribution in [0.25, 0.3) is 0 Å². The molecule has 0 aliphatic heterocycles. The van der Waals surface area contributed by atoms with Gasteiger partial charge in [0.1, 0.15) is 11.9 Å². The van der Waals surface area contributed by atoms with Gasteiger partial charge in [0.15, 0.2) is 5.78 Å². The van der Waals surface area contributed by atoms with Crippen LogP contribution in [-0.2, 0) is 14.4 Å². The quantitative estimate of drug-likeness (QED) is 0.353. The second-order valence-corrected chi connectivity index (χ2v) is 15.5. The van der Waals surface area contributed by atoms with Gasteiger partial charge in [-0.2, -0.15) is 5.26 Å². The molecule has 0 aromatic heterocycles. The number of hydrogen-bond donors (Lipinski definition) is 0. The lowest BCUT2D eigenvalue weighted by molar-refractivity contribution is -0.220. The van der Waals surface area contributed by atoms with E-state index in [2.05, 4.69) is 40.7 Å². The van der Waals surface area contributed by atoms with Crippen LogP contribution in [0, 0.1) is 67.5 Å². The molecule has 0 N–H and O–H groups in total. The number of halogens is 1. The molecule has 0 saturated heterocycles. The third kappa shape index (κ3) is 3.02. The Morgan fingerprint density at radius 2 is 1.58 bits per heavy atom.